The number of rotatable bonds is 32. The van der Waals surface area contributed by atoms with E-state index in [1.165, 1.54) is 77.0 Å². The maximum absolute atomic E-state index is 8.52. The van der Waals surface area contributed by atoms with Gasteiger partial charge in [0, 0.05) is 50.0 Å². The van der Waals surface area contributed by atoms with Crippen LogP contribution >= 0.6 is 0 Å². The van der Waals surface area contributed by atoms with Crippen LogP contribution in [0.1, 0.15) is 132 Å². The van der Waals surface area contributed by atoms with Crippen molar-refractivity contribution < 1.29 is 53.2 Å². The van der Waals surface area contributed by atoms with Gasteiger partial charge in [-0.2, -0.15) is 0 Å². The molecule has 0 aliphatic heterocycles. The van der Waals surface area contributed by atoms with Gasteiger partial charge >= 0.3 is 17.6 Å². The second kappa shape index (κ2) is 33.5. The Hall–Kier alpha value is -1.52. The summed E-state index contributed by atoms with van der Waals surface area (Å²) >= 11 is 0. The molecule has 2 rings (SSSR count). The Bertz CT molecular complexity index is 1150. The van der Waals surface area contributed by atoms with Crippen LogP contribution in [-0.2, 0) is 63.1 Å². The van der Waals surface area contributed by atoms with Crippen molar-refractivity contribution in [2.24, 2.45) is 0 Å². The summed E-state index contributed by atoms with van der Waals surface area (Å²) in [5.74, 6) is 0. The minimum absolute atomic E-state index is 0.635. The van der Waals surface area contributed by atoms with Gasteiger partial charge in [0.05, 0.1) is 38.3 Å². The third-order valence-electron chi connectivity index (χ3n) is 8.57. The van der Waals surface area contributed by atoms with Gasteiger partial charge in [0.2, 0.25) is 12.7 Å². The molecule has 2 heterocycles. The lowest BCUT2D eigenvalue weighted by Gasteiger charge is -2.27. The largest absolute Gasteiger partial charge is 0.759 e. The highest BCUT2D eigenvalue weighted by Gasteiger charge is 2.41. The highest BCUT2D eigenvalue weighted by molar-refractivity contribution is 7.79. The van der Waals surface area contributed by atoms with Crippen LogP contribution in [0.4, 0.5) is 0 Å². The first-order chi connectivity index (χ1) is 26.4. The zero-order chi connectivity index (χ0) is 41.3. The van der Waals surface area contributed by atoms with Crippen molar-refractivity contribution in [3.8, 4) is 0 Å². The molecule has 0 fully saturated rings. The number of aromatic nitrogens is 4. The molecule has 14 nitrogen and oxygen atoms in total. The van der Waals surface area contributed by atoms with Crippen LogP contribution in [0.3, 0.4) is 0 Å². The van der Waals surface area contributed by atoms with Gasteiger partial charge in [-0.25, -0.2) is 18.3 Å². The Morgan fingerprint density at radius 1 is 0.491 bits per heavy atom. The number of nitrogens with zero attached hydrogens (tertiary/aromatic N) is 4. The maximum Gasteiger partial charge on any atom is 0.504 e. The Morgan fingerprint density at radius 2 is 0.764 bits per heavy atom. The van der Waals surface area contributed by atoms with E-state index in [1.807, 2.05) is 41.5 Å². The molecule has 0 spiro atoms. The molecule has 55 heavy (non-hydrogen) atoms. The summed E-state index contributed by atoms with van der Waals surface area (Å²) in [6, 6.07) is 1.63. The summed E-state index contributed by atoms with van der Waals surface area (Å²) in [6.07, 6.45) is 29.0. The predicted octanol–water partition coefficient (Wildman–Crippen LogP) is 7.03. The van der Waals surface area contributed by atoms with E-state index in [0.29, 0.717) is 39.6 Å². The van der Waals surface area contributed by atoms with Crippen molar-refractivity contribution in [1.29, 1.82) is 0 Å². The summed E-state index contributed by atoms with van der Waals surface area (Å²) in [4.78, 5) is 0. The van der Waals surface area contributed by atoms with Crippen LogP contribution in [0.25, 0.3) is 0 Å². The molecular weight excluding hydrogens is 761 g/mol. The lowest BCUT2D eigenvalue weighted by atomic mass is 10.1. The van der Waals surface area contributed by atoms with Crippen LogP contribution in [0.15, 0.2) is 37.4 Å². The van der Waals surface area contributed by atoms with Crippen molar-refractivity contribution >= 4 is 28.0 Å². The molecule has 0 saturated heterocycles. The number of hydrogen-bond donors (Lipinski definition) is 0. The highest BCUT2D eigenvalue weighted by Crippen LogP contribution is 2.18. The molecule has 0 radical (unpaired) electrons. The summed E-state index contributed by atoms with van der Waals surface area (Å²) in [6.45, 7) is 24.3. The predicted molar refractivity (Wildman–Crippen MR) is 217 cm³/mol. The Labute approximate surface area is 337 Å². The van der Waals surface area contributed by atoms with Crippen LogP contribution in [0.2, 0.25) is 12.1 Å². The van der Waals surface area contributed by atoms with E-state index in [9.17, 15) is 0 Å². The van der Waals surface area contributed by atoms with Gasteiger partial charge in [0.25, 0.3) is 0 Å². The molecule has 0 saturated carbocycles. The van der Waals surface area contributed by atoms with Crippen molar-refractivity contribution in [1.82, 2.24) is 9.13 Å². The van der Waals surface area contributed by atoms with Gasteiger partial charge in [0.1, 0.15) is 24.8 Å². The molecule has 0 N–H and O–H groups in total. The molecule has 2 aromatic heterocycles. The van der Waals surface area contributed by atoms with Crippen LogP contribution < -0.4 is 9.13 Å². The monoisotopic (exact) mass is 838 g/mol. The van der Waals surface area contributed by atoms with E-state index in [2.05, 4.69) is 69.6 Å². The zero-order valence-electron chi connectivity index (χ0n) is 35.7. The molecule has 0 aromatic carbocycles. The molecule has 17 heteroatoms. The van der Waals surface area contributed by atoms with Gasteiger partial charge in [0.15, 0.2) is 0 Å². The van der Waals surface area contributed by atoms with E-state index >= 15 is 0 Å². The Morgan fingerprint density at radius 3 is 1.04 bits per heavy atom. The number of hydrogen-bond acceptors (Lipinski definition) is 10. The topological polar surface area (TPSA) is 153 Å². The SMILES string of the molecule is CCCCCCCC[n+]1ccn(CC[Si](OCC)(OCC)OCC)c1.CCCCCCCC[n+]1ccn(CC[Si](OCC)(OCC)OCC)c1.O=S(=O)([O-])[O-]. The highest BCUT2D eigenvalue weighted by atomic mass is 32.3. The van der Waals surface area contributed by atoms with Crippen molar-refractivity contribution in [3.63, 3.8) is 0 Å². The molecule has 324 valence electrons. The van der Waals surface area contributed by atoms with E-state index in [4.69, 9.17) is 44.1 Å². The van der Waals surface area contributed by atoms with Crippen molar-refractivity contribution in [3.05, 3.63) is 37.4 Å². The van der Waals surface area contributed by atoms with Gasteiger partial charge in [-0.05, 0) is 67.2 Å². The summed E-state index contributed by atoms with van der Waals surface area (Å²) in [7, 11) is -10.3. The molecule has 0 aliphatic carbocycles. The third kappa shape index (κ3) is 28.5. The number of aryl methyl sites for hydroxylation is 4. The molecular formula is C38H78N4O10SSi2. The molecule has 0 bridgehead atoms. The van der Waals surface area contributed by atoms with Crippen LogP contribution in [-0.4, -0.2) is 83.9 Å². The fourth-order valence-corrected chi connectivity index (χ4v) is 11.2. The molecule has 0 aliphatic rings. The van der Waals surface area contributed by atoms with Gasteiger partial charge < -0.3 is 35.7 Å². The minimum Gasteiger partial charge on any atom is -0.759 e. The van der Waals surface area contributed by atoms with E-state index in [0.717, 1.165) is 38.3 Å². The van der Waals surface area contributed by atoms with Crippen molar-refractivity contribution in [2.45, 2.75) is 171 Å². The Balaban J connectivity index is 0.000000943. The molecule has 0 atom stereocenters. The average molecular weight is 839 g/mol. The minimum atomic E-state index is -5.17. The summed E-state index contributed by atoms with van der Waals surface area (Å²) < 4.78 is 78.6. The second-order valence-corrected chi connectivity index (χ2v) is 19.5. The van der Waals surface area contributed by atoms with Crippen LogP contribution in [0, 0.1) is 0 Å². The van der Waals surface area contributed by atoms with Gasteiger partial charge in [-0.15, -0.1) is 0 Å². The number of imidazole rings is 2. The quantitative estimate of drug-likeness (QED) is 0.0247. The smallest absolute Gasteiger partial charge is 0.504 e. The summed E-state index contributed by atoms with van der Waals surface area (Å²) in [5.41, 5.74) is 0. The lowest BCUT2D eigenvalue weighted by molar-refractivity contribution is -0.697. The normalized spacial score (nSPS) is 12.0. The lowest BCUT2D eigenvalue weighted by Crippen LogP contribution is -2.46. The van der Waals surface area contributed by atoms with Crippen LogP contribution in [0.5, 0.6) is 0 Å². The standard InChI is InChI=1S/2C19H39N2O3Si.H2O4S/c2*1-5-9-10-11-12-13-14-20-15-16-21(19-20)17-18-25(22-6-2,23-7-3)24-8-4;1-5(2,3)4/h2*15-16,19H,5-14,17-18H2,1-4H3;(H2,1,2,3,4)/q2*+1;/p-2. The second-order valence-electron chi connectivity index (χ2n) is 13.2. The summed E-state index contributed by atoms with van der Waals surface area (Å²) in [5, 5.41) is 0. The molecule has 2 aromatic rings. The fraction of sp³-hybridized carbons (Fsp3) is 0.842. The third-order valence-corrected chi connectivity index (χ3v) is 14.6. The Kier molecular flexibility index (Phi) is 32.5. The first-order valence-corrected chi connectivity index (χ1v) is 26.2. The fourth-order valence-electron chi connectivity index (χ4n) is 6.09. The average Bonchev–Trinajstić information content (AvgIpc) is 3.79. The van der Waals surface area contributed by atoms with E-state index in [-0.39, 0.29) is 0 Å². The molecule has 0 amide bonds. The first-order valence-electron chi connectivity index (χ1n) is 21.0. The van der Waals surface area contributed by atoms with Gasteiger partial charge in [-0.3, -0.25) is 8.42 Å². The van der Waals surface area contributed by atoms with E-state index < -0.39 is 28.0 Å². The maximum atomic E-state index is 8.52. The zero-order valence-corrected chi connectivity index (χ0v) is 38.5. The van der Waals surface area contributed by atoms with Gasteiger partial charge in [-0.1, -0.05) is 65.2 Å². The van der Waals surface area contributed by atoms with Crippen molar-refractivity contribution in [2.75, 3.05) is 39.6 Å². The van der Waals surface area contributed by atoms with E-state index in [1.54, 1.807) is 0 Å². The first kappa shape index (κ1) is 53.5. The number of unbranched alkanes of at least 4 members (excludes halogenated alkanes) is 10. The molecule has 0 unspecified atom stereocenters.